The molecule has 108 valence electrons. The minimum atomic E-state index is -0.513. The van der Waals surface area contributed by atoms with Crippen molar-refractivity contribution in [1.82, 2.24) is 10.6 Å². The average molecular weight is 276 g/mol. The van der Waals surface area contributed by atoms with Gasteiger partial charge in [-0.2, -0.15) is 0 Å². The molecule has 5 heteroatoms. The van der Waals surface area contributed by atoms with E-state index in [1.165, 1.54) is 18.2 Å². The summed E-state index contributed by atoms with van der Waals surface area (Å²) in [5, 5.41) is 5.53. The molecule has 0 saturated heterocycles. The quantitative estimate of drug-likeness (QED) is 0.883. The highest BCUT2D eigenvalue weighted by atomic mass is 16.5. The molecule has 1 atom stereocenters. The minimum absolute atomic E-state index is 0.0527. The lowest BCUT2D eigenvalue weighted by Gasteiger charge is -2.26. The van der Waals surface area contributed by atoms with Gasteiger partial charge in [0.15, 0.2) is 0 Å². The number of carbonyl (C=O) groups is 2. The minimum Gasteiger partial charge on any atom is -0.453 e. The molecule has 2 amide bonds. The number of hydrogen-bond acceptors (Lipinski definition) is 3. The Morgan fingerprint density at radius 2 is 2.15 bits per heavy atom. The fourth-order valence-corrected chi connectivity index (χ4v) is 2.52. The number of rotatable bonds is 4. The average Bonchev–Trinajstić information content (AvgIpc) is 2.47. The first-order valence-electron chi connectivity index (χ1n) is 6.89. The van der Waals surface area contributed by atoms with E-state index in [2.05, 4.69) is 27.5 Å². The Bertz CT molecular complexity index is 488. The Labute approximate surface area is 118 Å². The maximum atomic E-state index is 11.9. The summed E-state index contributed by atoms with van der Waals surface area (Å²) in [5.74, 6) is -0.0527. The van der Waals surface area contributed by atoms with Gasteiger partial charge >= 0.3 is 6.09 Å². The van der Waals surface area contributed by atoms with E-state index in [-0.39, 0.29) is 24.9 Å². The number of amides is 2. The van der Waals surface area contributed by atoms with Gasteiger partial charge in [0.25, 0.3) is 0 Å². The standard InChI is InChI=1S/C15H20N2O3/c1-20-15(19)16-10-9-14(18)17-13-8-4-6-11-5-2-3-7-12(11)13/h2-3,5,7,13H,4,6,8-10H2,1H3,(H,16,19)(H,17,18)/t13-/m1/s1. The first-order chi connectivity index (χ1) is 9.70. The predicted octanol–water partition coefficient (Wildman–Crippen LogP) is 1.93. The van der Waals surface area contributed by atoms with E-state index in [1.807, 2.05) is 12.1 Å². The van der Waals surface area contributed by atoms with Gasteiger partial charge in [0.05, 0.1) is 13.2 Å². The van der Waals surface area contributed by atoms with Crippen LogP contribution in [-0.2, 0) is 16.0 Å². The normalized spacial score (nSPS) is 16.9. The highest BCUT2D eigenvalue weighted by Crippen LogP contribution is 2.29. The number of nitrogens with one attached hydrogen (secondary N) is 2. The largest absolute Gasteiger partial charge is 0.453 e. The van der Waals surface area contributed by atoms with Crippen molar-refractivity contribution in [2.24, 2.45) is 0 Å². The molecule has 2 N–H and O–H groups in total. The van der Waals surface area contributed by atoms with Crippen LogP contribution in [0, 0.1) is 0 Å². The summed E-state index contributed by atoms with van der Waals surface area (Å²) in [4.78, 5) is 22.8. The Morgan fingerprint density at radius 1 is 1.35 bits per heavy atom. The van der Waals surface area contributed by atoms with E-state index >= 15 is 0 Å². The predicted molar refractivity (Wildman–Crippen MR) is 75.3 cm³/mol. The molecule has 20 heavy (non-hydrogen) atoms. The van der Waals surface area contributed by atoms with Crippen LogP contribution in [0.3, 0.4) is 0 Å². The van der Waals surface area contributed by atoms with Gasteiger partial charge in [-0.1, -0.05) is 24.3 Å². The van der Waals surface area contributed by atoms with Crippen molar-refractivity contribution in [3.63, 3.8) is 0 Å². The lowest BCUT2D eigenvalue weighted by Crippen LogP contribution is -2.34. The van der Waals surface area contributed by atoms with Crippen LogP contribution in [0.5, 0.6) is 0 Å². The van der Waals surface area contributed by atoms with Gasteiger partial charge in [0, 0.05) is 13.0 Å². The first kappa shape index (κ1) is 14.4. The third-order valence-electron chi connectivity index (χ3n) is 3.51. The monoisotopic (exact) mass is 276 g/mol. The number of fused-ring (bicyclic) bond motifs is 1. The second-order valence-electron chi connectivity index (χ2n) is 4.88. The maximum Gasteiger partial charge on any atom is 0.406 e. The van der Waals surface area contributed by atoms with Crippen molar-refractivity contribution in [3.05, 3.63) is 35.4 Å². The highest BCUT2D eigenvalue weighted by Gasteiger charge is 2.21. The Hall–Kier alpha value is -2.04. The Kier molecular flexibility index (Phi) is 4.98. The van der Waals surface area contributed by atoms with Gasteiger partial charge in [-0.3, -0.25) is 4.79 Å². The molecule has 0 aromatic heterocycles. The molecule has 2 rings (SSSR count). The van der Waals surface area contributed by atoms with Gasteiger partial charge in [-0.15, -0.1) is 0 Å². The molecule has 1 aliphatic rings. The number of aryl methyl sites for hydroxylation is 1. The second-order valence-corrected chi connectivity index (χ2v) is 4.88. The smallest absolute Gasteiger partial charge is 0.406 e. The number of ether oxygens (including phenoxy) is 1. The summed E-state index contributed by atoms with van der Waals surface area (Å²) in [7, 11) is 1.30. The lowest BCUT2D eigenvalue weighted by molar-refractivity contribution is -0.121. The van der Waals surface area contributed by atoms with Crippen LogP contribution >= 0.6 is 0 Å². The van der Waals surface area contributed by atoms with Gasteiger partial charge in [-0.05, 0) is 30.4 Å². The molecule has 5 nitrogen and oxygen atoms in total. The van der Waals surface area contributed by atoms with Crippen LogP contribution in [-0.4, -0.2) is 25.7 Å². The summed E-state index contributed by atoms with van der Waals surface area (Å²) >= 11 is 0. The van der Waals surface area contributed by atoms with E-state index in [0.29, 0.717) is 0 Å². The molecule has 0 radical (unpaired) electrons. The molecule has 1 aromatic carbocycles. The molecular formula is C15H20N2O3. The molecule has 0 spiro atoms. The second kappa shape index (κ2) is 6.93. The third kappa shape index (κ3) is 3.73. The van der Waals surface area contributed by atoms with Gasteiger partial charge in [0.1, 0.15) is 0 Å². The third-order valence-corrected chi connectivity index (χ3v) is 3.51. The highest BCUT2D eigenvalue weighted by molar-refractivity contribution is 5.77. The summed E-state index contributed by atoms with van der Waals surface area (Å²) in [6.07, 6.45) is 2.87. The first-order valence-corrected chi connectivity index (χ1v) is 6.89. The fraction of sp³-hybridized carbons (Fsp3) is 0.467. The summed E-state index contributed by atoms with van der Waals surface area (Å²) < 4.78 is 4.45. The van der Waals surface area contributed by atoms with E-state index in [9.17, 15) is 9.59 Å². The molecular weight excluding hydrogens is 256 g/mol. The van der Waals surface area contributed by atoms with Crippen LogP contribution in [0.25, 0.3) is 0 Å². The number of alkyl carbamates (subject to hydrolysis) is 1. The molecule has 0 unspecified atom stereocenters. The van der Waals surface area contributed by atoms with Gasteiger partial charge < -0.3 is 15.4 Å². The molecule has 1 aliphatic carbocycles. The van der Waals surface area contributed by atoms with Crippen molar-refractivity contribution >= 4 is 12.0 Å². The lowest BCUT2D eigenvalue weighted by atomic mass is 9.88. The van der Waals surface area contributed by atoms with E-state index in [4.69, 9.17) is 0 Å². The van der Waals surface area contributed by atoms with E-state index in [0.717, 1.165) is 19.3 Å². The van der Waals surface area contributed by atoms with Crippen molar-refractivity contribution in [3.8, 4) is 0 Å². The Balaban J connectivity index is 1.85. The van der Waals surface area contributed by atoms with Crippen LogP contribution in [0.15, 0.2) is 24.3 Å². The number of benzene rings is 1. The Morgan fingerprint density at radius 3 is 2.95 bits per heavy atom. The van der Waals surface area contributed by atoms with Crippen molar-refractivity contribution in [2.75, 3.05) is 13.7 Å². The van der Waals surface area contributed by atoms with E-state index in [1.54, 1.807) is 0 Å². The fourth-order valence-electron chi connectivity index (χ4n) is 2.52. The molecule has 0 aliphatic heterocycles. The van der Waals surface area contributed by atoms with E-state index < -0.39 is 6.09 Å². The number of hydrogen-bond donors (Lipinski definition) is 2. The zero-order valence-corrected chi connectivity index (χ0v) is 11.6. The number of carbonyl (C=O) groups excluding carboxylic acids is 2. The van der Waals surface area contributed by atoms with Crippen LogP contribution in [0.1, 0.15) is 36.4 Å². The summed E-state index contributed by atoms with van der Waals surface area (Å²) in [6.45, 7) is 0.285. The zero-order valence-electron chi connectivity index (χ0n) is 11.6. The zero-order chi connectivity index (χ0) is 14.4. The maximum absolute atomic E-state index is 11.9. The van der Waals surface area contributed by atoms with Gasteiger partial charge in [-0.25, -0.2) is 4.79 Å². The molecule has 1 aromatic rings. The molecule has 0 saturated carbocycles. The van der Waals surface area contributed by atoms with Crippen molar-refractivity contribution in [1.29, 1.82) is 0 Å². The topological polar surface area (TPSA) is 67.4 Å². The van der Waals surface area contributed by atoms with Crippen LogP contribution in [0.4, 0.5) is 4.79 Å². The van der Waals surface area contributed by atoms with Gasteiger partial charge in [0.2, 0.25) is 5.91 Å². The molecule has 0 bridgehead atoms. The van der Waals surface area contributed by atoms with Crippen molar-refractivity contribution in [2.45, 2.75) is 31.7 Å². The molecule has 0 fully saturated rings. The van der Waals surface area contributed by atoms with Crippen LogP contribution < -0.4 is 10.6 Å². The SMILES string of the molecule is COC(=O)NCCC(=O)N[C@@H]1CCCc2ccccc21. The van der Waals surface area contributed by atoms with Crippen molar-refractivity contribution < 1.29 is 14.3 Å². The summed E-state index contributed by atoms with van der Waals surface area (Å²) in [6, 6.07) is 8.31. The van der Waals surface area contributed by atoms with Crippen LogP contribution in [0.2, 0.25) is 0 Å². The number of methoxy groups -OCH3 is 1. The molecule has 0 heterocycles. The summed E-state index contributed by atoms with van der Waals surface area (Å²) in [5.41, 5.74) is 2.53.